The quantitative estimate of drug-likeness (QED) is 0.562. The lowest BCUT2D eigenvalue weighted by molar-refractivity contribution is 0.746. The van der Waals surface area contributed by atoms with Crippen LogP contribution in [0.3, 0.4) is 0 Å². The van der Waals surface area contributed by atoms with E-state index in [1.54, 1.807) is 29.2 Å². The first kappa shape index (κ1) is 16.9. The van der Waals surface area contributed by atoms with Crippen LogP contribution in [0.1, 0.15) is 5.56 Å². The van der Waals surface area contributed by atoms with E-state index >= 15 is 0 Å². The molecule has 3 heterocycles. The van der Waals surface area contributed by atoms with E-state index in [9.17, 15) is 4.79 Å². The lowest BCUT2D eigenvalue weighted by atomic mass is 10.0. The zero-order chi connectivity index (χ0) is 18.8. The molecule has 0 bridgehead atoms. The molecule has 134 valence electrons. The minimum Gasteiger partial charge on any atom is -0.363 e. The standard InChI is InChI=1S/C21H19N5O/c1-25(2)19-12-17(9-11-22-19)16-7-5-15(6-8-16)13-26-14-24-18-4-3-10-23-20(18)21(26)27/h3-12,14H,13H2,1-2H3. The highest BCUT2D eigenvalue weighted by molar-refractivity contribution is 5.72. The fourth-order valence-electron chi connectivity index (χ4n) is 2.94. The Hall–Kier alpha value is -3.54. The Kier molecular flexibility index (Phi) is 4.38. The van der Waals surface area contributed by atoms with Crippen molar-refractivity contribution in [2.75, 3.05) is 19.0 Å². The molecule has 0 radical (unpaired) electrons. The molecule has 0 aliphatic heterocycles. The number of nitrogens with zero attached hydrogens (tertiary/aromatic N) is 5. The molecule has 0 aliphatic rings. The van der Waals surface area contributed by atoms with Crippen LogP contribution in [0.25, 0.3) is 22.2 Å². The van der Waals surface area contributed by atoms with Gasteiger partial charge in [0.05, 0.1) is 18.4 Å². The van der Waals surface area contributed by atoms with Crippen LogP contribution in [0.5, 0.6) is 0 Å². The maximum absolute atomic E-state index is 12.6. The number of pyridine rings is 2. The van der Waals surface area contributed by atoms with E-state index in [1.165, 1.54) is 0 Å². The minimum atomic E-state index is -0.130. The normalized spacial score (nSPS) is 10.9. The Morgan fingerprint density at radius 2 is 1.74 bits per heavy atom. The summed E-state index contributed by atoms with van der Waals surface area (Å²) in [7, 11) is 3.94. The van der Waals surface area contributed by atoms with Crippen LogP contribution in [-0.2, 0) is 6.54 Å². The van der Waals surface area contributed by atoms with E-state index in [1.807, 2.05) is 43.4 Å². The van der Waals surface area contributed by atoms with Crippen LogP contribution in [0.4, 0.5) is 5.82 Å². The molecule has 27 heavy (non-hydrogen) atoms. The molecule has 0 fully saturated rings. The van der Waals surface area contributed by atoms with Crippen molar-refractivity contribution in [2.45, 2.75) is 6.54 Å². The first-order valence-electron chi connectivity index (χ1n) is 8.65. The molecule has 0 amide bonds. The van der Waals surface area contributed by atoms with Crippen LogP contribution in [-0.4, -0.2) is 33.6 Å². The van der Waals surface area contributed by atoms with E-state index in [4.69, 9.17) is 0 Å². The summed E-state index contributed by atoms with van der Waals surface area (Å²) in [5.41, 5.74) is 4.12. The number of benzene rings is 1. The molecular weight excluding hydrogens is 338 g/mol. The van der Waals surface area contributed by atoms with Gasteiger partial charge in [0, 0.05) is 26.5 Å². The second-order valence-corrected chi connectivity index (χ2v) is 6.54. The van der Waals surface area contributed by atoms with Crippen molar-refractivity contribution in [1.29, 1.82) is 0 Å². The highest BCUT2D eigenvalue weighted by atomic mass is 16.1. The van der Waals surface area contributed by atoms with Crippen molar-refractivity contribution in [3.8, 4) is 11.1 Å². The van der Waals surface area contributed by atoms with Gasteiger partial charge in [-0.2, -0.15) is 0 Å². The Balaban J connectivity index is 1.61. The average molecular weight is 357 g/mol. The smallest absolute Gasteiger partial charge is 0.280 e. The first-order valence-corrected chi connectivity index (χ1v) is 8.65. The number of fused-ring (bicyclic) bond motifs is 1. The number of anilines is 1. The molecule has 3 aromatic heterocycles. The second kappa shape index (κ2) is 6.99. The Labute approximate surface area is 156 Å². The molecule has 0 unspecified atom stereocenters. The summed E-state index contributed by atoms with van der Waals surface area (Å²) in [5, 5.41) is 0. The summed E-state index contributed by atoms with van der Waals surface area (Å²) in [6, 6.07) is 15.8. The summed E-state index contributed by atoms with van der Waals surface area (Å²) in [4.78, 5) is 27.4. The summed E-state index contributed by atoms with van der Waals surface area (Å²) < 4.78 is 1.58. The Bertz CT molecular complexity index is 1150. The van der Waals surface area contributed by atoms with Crippen molar-refractivity contribution in [3.05, 3.63) is 83.2 Å². The predicted molar refractivity (Wildman–Crippen MR) is 107 cm³/mol. The molecule has 4 rings (SSSR count). The van der Waals surface area contributed by atoms with Crippen molar-refractivity contribution in [2.24, 2.45) is 0 Å². The summed E-state index contributed by atoms with van der Waals surface area (Å²) in [6.45, 7) is 0.456. The zero-order valence-corrected chi connectivity index (χ0v) is 15.2. The fourth-order valence-corrected chi connectivity index (χ4v) is 2.94. The fraction of sp³-hybridized carbons (Fsp3) is 0.143. The van der Waals surface area contributed by atoms with Crippen molar-refractivity contribution >= 4 is 16.9 Å². The lowest BCUT2D eigenvalue weighted by Crippen LogP contribution is -2.21. The summed E-state index contributed by atoms with van der Waals surface area (Å²) in [6.07, 6.45) is 5.00. The molecule has 1 aromatic carbocycles. The van der Waals surface area contributed by atoms with Gasteiger partial charge in [-0.15, -0.1) is 0 Å². The molecular formula is C21H19N5O. The van der Waals surface area contributed by atoms with Crippen molar-refractivity contribution < 1.29 is 0 Å². The minimum absolute atomic E-state index is 0.130. The molecule has 0 spiro atoms. The molecule has 0 aliphatic carbocycles. The number of aromatic nitrogens is 4. The van der Waals surface area contributed by atoms with Gasteiger partial charge in [0.25, 0.3) is 5.56 Å². The molecule has 4 aromatic rings. The van der Waals surface area contributed by atoms with Crippen LogP contribution in [0.15, 0.2) is 72.0 Å². The molecule has 6 nitrogen and oxygen atoms in total. The van der Waals surface area contributed by atoms with Gasteiger partial charge in [-0.1, -0.05) is 24.3 Å². The number of hydrogen-bond acceptors (Lipinski definition) is 5. The first-order chi connectivity index (χ1) is 13.1. The largest absolute Gasteiger partial charge is 0.363 e. The maximum atomic E-state index is 12.6. The highest BCUT2D eigenvalue weighted by Crippen LogP contribution is 2.22. The lowest BCUT2D eigenvalue weighted by Gasteiger charge is -2.12. The summed E-state index contributed by atoms with van der Waals surface area (Å²) in [5.74, 6) is 0.915. The van der Waals surface area contributed by atoms with Crippen LogP contribution < -0.4 is 10.5 Å². The van der Waals surface area contributed by atoms with Gasteiger partial charge in [-0.3, -0.25) is 9.36 Å². The third kappa shape index (κ3) is 3.42. The number of hydrogen-bond donors (Lipinski definition) is 0. The monoisotopic (exact) mass is 357 g/mol. The van der Waals surface area contributed by atoms with Gasteiger partial charge < -0.3 is 4.90 Å². The van der Waals surface area contributed by atoms with E-state index in [2.05, 4.69) is 33.2 Å². The van der Waals surface area contributed by atoms with Gasteiger partial charge >= 0.3 is 0 Å². The Morgan fingerprint density at radius 1 is 0.926 bits per heavy atom. The van der Waals surface area contributed by atoms with Crippen LogP contribution in [0.2, 0.25) is 0 Å². The molecule has 0 atom stereocenters. The van der Waals surface area contributed by atoms with Gasteiger partial charge in [-0.25, -0.2) is 15.0 Å². The zero-order valence-electron chi connectivity index (χ0n) is 15.2. The maximum Gasteiger partial charge on any atom is 0.280 e. The molecule has 0 saturated carbocycles. The predicted octanol–water partition coefficient (Wildman–Crippen LogP) is 2.97. The van der Waals surface area contributed by atoms with Gasteiger partial charge in [0.15, 0.2) is 5.52 Å². The van der Waals surface area contributed by atoms with Gasteiger partial charge in [-0.05, 0) is 41.0 Å². The molecule has 0 N–H and O–H groups in total. The van der Waals surface area contributed by atoms with E-state index in [0.717, 1.165) is 22.5 Å². The number of rotatable bonds is 4. The molecule has 0 saturated heterocycles. The van der Waals surface area contributed by atoms with Gasteiger partial charge in [0.1, 0.15) is 5.82 Å². The SMILES string of the molecule is CN(C)c1cc(-c2ccc(Cn3cnc4cccnc4c3=O)cc2)ccn1. The topological polar surface area (TPSA) is 63.9 Å². The Morgan fingerprint density at radius 3 is 2.52 bits per heavy atom. The van der Waals surface area contributed by atoms with Gasteiger partial charge in [0.2, 0.25) is 0 Å². The highest BCUT2D eigenvalue weighted by Gasteiger charge is 2.06. The van der Waals surface area contributed by atoms with E-state index in [0.29, 0.717) is 17.6 Å². The molecule has 6 heteroatoms. The van der Waals surface area contributed by atoms with Crippen LogP contribution in [0, 0.1) is 0 Å². The van der Waals surface area contributed by atoms with Crippen LogP contribution >= 0.6 is 0 Å². The third-order valence-corrected chi connectivity index (χ3v) is 4.43. The van der Waals surface area contributed by atoms with Crippen molar-refractivity contribution in [1.82, 2.24) is 19.5 Å². The van der Waals surface area contributed by atoms with E-state index in [-0.39, 0.29) is 5.56 Å². The second-order valence-electron chi connectivity index (χ2n) is 6.54. The summed E-state index contributed by atoms with van der Waals surface area (Å²) >= 11 is 0. The van der Waals surface area contributed by atoms with Crippen molar-refractivity contribution in [3.63, 3.8) is 0 Å². The average Bonchev–Trinajstić information content (AvgIpc) is 2.71. The van der Waals surface area contributed by atoms with E-state index < -0.39 is 0 Å². The third-order valence-electron chi connectivity index (χ3n) is 4.43.